The number of hydrogen-bond acceptors (Lipinski definition) is 3. The molecule has 0 aromatic carbocycles. The third-order valence-corrected chi connectivity index (χ3v) is 0.937. The van der Waals surface area contributed by atoms with Gasteiger partial charge in [-0.25, -0.2) is 4.79 Å². The van der Waals surface area contributed by atoms with Crippen LogP contribution >= 0.6 is 0 Å². The van der Waals surface area contributed by atoms with Crippen molar-refractivity contribution in [1.29, 1.82) is 0 Å². The van der Waals surface area contributed by atoms with E-state index in [1.807, 2.05) is 13.8 Å². The first-order valence-corrected chi connectivity index (χ1v) is 4.18. The fourth-order valence-corrected chi connectivity index (χ4v) is 0.409. The monoisotopic (exact) mass is 197 g/mol. The highest BCUT2D eigenvalue weighted by molar-refractivity contribution is 5.94. The SMILES string of the molecule is C#CCNC(=O)/C=C/C(=O)OC.CC. The van der Waals surface area contributed by atoms with Gasteiger partial charge in [0.05, 0.1) is 13.7 Å². The summed E-state index contributed by atoms with van der Waals surface area (Å²) < 4.78 is 4.26. The molecule has 0 atom stereocenters. The quantitative estimate of drug-likeness (QED) is 0.407. The summed E-state index contributed by atoms with van der Waals surface area (Å²) in [7, 11) is 1.23. The van der Waals surface area contributed by atoms with E-state index in [2.05, 4.69) is 16.0 Å². The Morgan fingerprint density at radius 3 is 2.43 bits per heavy atom. The Labute approximate surface area is 84.3 Å². The van der Waals surface area contributed by atoms with Crippen LogP contribution in [0, 0.1) is 12.3 Å². The van der Waals surface area contributed by atoms with Crippen LogP contribution in [-0.2, 0) is 14.3 Å². The minimum Gasteiger partial charge on any atom is -0.466 e. The highest BCUT2D eigenvalue weighted by Gasteiger charge is 1.94. The third kappa shape index (κ3) is 10.2. The van der Waals surface area contributed by atoms with Crippen LogP contribution in [0.3, 0.4) is 0 Å². The molecule has 0 aromatic heterocycles. The summed E-state index contributed by atoms with van der Waals surface area (Å²) in [6, 6.07) is 0. The smallest absolute Gasteiger partial charge is 0.330 e. The molecule has 4 nitrogen and oxygen atoms in total. The molecule has 0 spiro atoms. The highest BCUT2D eigenvalue weighted by atomic mass is 16.5. The zero-order valence-corrected chi connectivity index (χ0v) is 8.66. The average molecular weight is 197 g/mol. The van der Waals surface area contributed by atoms with Crippen molar-refractivity contribution in [1.82, 2.24) is 5.32 Å². The number of carbonyl (C=O) groups is 2. The van der Waals surface area contributed by atoms with Crippen LogP contribution in [0.25, 0.3) is 0 Å². The Morgan fingerprint density at radius 2 is 2.00 bits per heavy atom. The van der Waals surface area contributed by atoms with Gasteiger partial charge < -0.3 is 10.1 Å². The number of amides is 1. The summed E-state index contributed by atoms with van der Waals surface area (Å²) in [4.78, 5) is 21.2. The number of terminal acetylenes is 1. The van der Waals surface area contributed by atoms with Crippen LogP contribution in [0.15, 0.2) is 12.2 Å². The summed E-state index contributed by atoms with van der Waals surface area (Å²) in [6.07, 6.45) is 6.96. The predicted molar refractivity (Wildman–Crippen MR) is 54.3 cm³/mol. The van der Waals surface area contributed by atoms with Gasteiger partial charge in [-0.15, -0.1) is 6.42 Å². The van der Waals surface area contributed by atoms with E-state index in [0.717, 1.165) is 12.2 Å². The van der Waals surface area contributed by atoms with Crippen LogP contribution in [0.5, 0.6) is 0 Å². The predicted octanol–water partition coefficient (Wildman–Crippen LogP) is 0.491. The Kier molecular flexibility index (Phi) is 11.8. The van der Waals surface area contributed by atoms with Crippen molar-refractivity contribution in [3.63, 3.8) is 0 Å². The number of carbonyl (C=O) groups excluding carboxylic acids is 2. The van der Waals surface area contributed by atoms with Crippen molar-refractivity contribution in [2.45, 2.75) is 13.8 Å². The van der Waals surface area contributed by atoms with E-state index < -0.39 is 11.9 Å². The molecule has 0 unspecified atom stereocenters. The van der Waals surface area contributed by atoms with Crippen LogP contribution < -0.4 is 5.32 Å². The van der Waals surface area contributed by atoms with E-state index in [1.165, 1.54) is 7.11 Å². The van der Waals surface area contributed by atoms with Gasteiger partial charge in [-0.3, -0.25) is 4.79 Å². The van der Waals surface area contributed by atoms with Gasteiger partial charge in [0.2, 0.25) is 5.91 Å². The van der Waals surface area contributed by atoms with Crippen molar-refractivity contribution in [2.24, 2.45) is 0 Å². The van der Waals surface area contributed by atoms with Crippen molar-refractivity contribution in [3.05, 3.63) is 12.2 Å². The molecule has 0 aliphatic heterocycles. The second-order valence-electron chi connectivity index (χ2n) is 1.78. The summed E-state index contributed by atoms with van der Waals surface area (Å²) >= 11 is 0. The van der Waals surface area contributed by atoms with Crippen molar-refractivity contribution in [3.8, 4) is 12.3 Å². The molecule has 14 heavy (non-hydrogen) atoms. The van der Waals surface area contributed by atoms with Crippen LogP contribution in [0.4, 0.5) is 0 Å². The molecule has 78 valence electrons. The third-order valence-electron chi connectivity index (χ3n) is 0.937. The standard InChI is InChI=1S/C8H9NO3.C2H6/c1-3-6-9-7(10)4-5-8(11)12-2;1-2/h1,4-5H,6H2,2H3,(H,9,10);1-2H3/b5-4+;. The van der Waals surface area contributed by atoms with Crippen LogP contribution in [-0.4, -0.2) is 25.5 Å². The second-order valence-corrected chi connectivity index (χ2v) is 1.78. The number of esters is 1. The molecule has 0 rings (SSSR count). The van der Waals surface area contributed by atoms with Crippen LogP contribution in [0.2, 0.25) is 0 Å². The molecule has 1 N–H and O–H groups in total. The second kappa shape index (κ2) is 11.2. The number of methoxy groups -OCH3 is 1. The average Bonchev–Trinajstić information content (AvgIpc) is 2.25. The van der Waals surface area contributed by atoms with E-state index in [1.54, 1.807) is 0 Å². The largest absolute Gasteiger partial charge is 0.466 e. The van der Waals surface area contributed by atoms with E-state index in [0.29, 0.717) is 0 Å². The molecule has 4 heteroatoms. The molecule has 0 saturated carbocycles. The molecule has 0 fully saturated rings. The number of hydrogen-bond donors (Lipinski definition) is 1. The van der Waals surface area contributed by atoms with Crippen LogP contribution in [0.1, 0.15) is 13.8 Å². The highest BCUT2D eigenvalue weighted by Crippen LogP contribution is 1.77. The van der Waals surface area contributed by atoms with Gasteiger partial charge in [0, 0.05) is 12.2 Å². The molecule has 0 aromatic rings. The van der Waals surface area contributed by atoms with Crippen molar-refractivity contribution in [2.75, 3.05) is 13.7 Å². The summed E-state index contributed by atoms with van der Waals surface area (Å²) in [5, 5.41) is 2.34. The maximum atomic E-state index is 10.7. The van der Waals surface area contributed by atoms with Gasteiger partial charge in [0.25, 0.3) is 0 Å². The van der Waals surface area contributed by atoms with Gasteiger partial charge in [-0.2, -0.15) is 0 Å². The molecular formula is C10H15NO3. The van der Waals surface area contributed by atoms with Crippen molar-refractivity contribution < 1.29 is 14.3 Å². The van der Waals surface area contributed by atoms with Gasteiger partial charge in [0.1, 0.15) is 0 Å². The minimum atomic E-state index is -0.578. The Balaban J connectivity index is 0. The Hall–Kier alpha value is -1.76. The first-order chi connectivity index (χ1) is 6.70. The fourth-order valence-electron chi connectivity index (χ4n) is 0.409. The number of nitrogens with one attached hydrogen (secondary N) is 1. The molecule has 0 heterocycles. The van der Waals surface area contributed by atoms with Gasteiger partial charge in [-0.1, -0.05) is 19.8 Å². The lowest BCUT2D eigenvalue weighted by Gasteiger charge is -1.93. The van der Waals surface area contributed by atoms with Crippen molar-refractivity contribution >= 4 is 11.9 Å². The zero-order valence-electron chi connectivity index (χ0n) is 8.66. The topological polar surface area (TPSA) is 55.4 Å². The number of rotatable bonds is 3. The molecular weight excluding hydrogens is 182 g/mol. The van der Waals surface area contributed by atoms with Gasteiger partial charge in [0.15, 0.2) is 0 Å². The Bertz CT molecular complexity index is 238. The van der Waals surface area contributed by atoms with E-state index in [9.17, 15) is 9.59 Å². The normalized spacial score (nSPS) is 8.14. The maximum Gasteiger partial charge on any atom is 0.330 e. The first kappa shape index (κ1) is 14.7. The number of ether oxygens (including phenoxy) is 1. The minimum absolute atomic E-state index is 0.143. The Morgan fingerprint density at radius 1 is 1.43 bits per heavy atom. The molecule has 1 amide bonds. The fraction of sp³-hybridized carbons (Fsp3) is 0.400. The molecule has 0 bridgehead atoms. The van der Waals surface area contributed by atoms with E-state index in [-0.39, 0.29) is 6.54 Å². The molecule has 0 aliphatic carbocycles. The zero-order chi connectivity index (χ0) is 11.4. The van der Waals surface area contributed by atoms with E-state index in [4.69, 9.17) is 6.42 Å². The lowest BCUT2D eigenvalue weighted by Crippen LogP contribution is -2.21. The first-order valence-electron chi connectivity index (χ1n) is 4.18. The van der Waals surface area contributed by atoms with Gasteiger partial charge in [-0.05, 0) is 0 Å². The van der Waals surface area contributed by atoms with Gasteiger partial charge >= 0.3 is 5.97 Å². The van der Waals surface area contributed by atoms with E-state index >= 15 is 0 Å². The summed E-state index contributed by atoms with van der Waals surface area (Å²) in [6.45, 7) is 4.14. The maximum absolute atomic E-state index is 10.7. The molecule has 0 radical (unpaired) electrons. The molecule has 0 saturated heterocycles. The summed E-state index contributed by atoms with van der Waals surface area (Å²) in [5.41, 5.74) is 0. The lowest BCUT2D eigenvalue weighted by molar-refractivity contribution is -0.135. The summed E-state index contributed by atoms with van der Waals surface area (Å²) in [5.74, 6) is 1.22. The molecule has 0 aliphatic rings. The lowest BCUT2D eigenvalue weighted by atomic mass is 10.4.